The Labute approximate surface area is 162 Å². The maximum atomic E-state index is 12.5. The van der Waals surface area contributed by atoms with E-state index in [1.165, 1.54) is 7.11 Å². The number of carbonyl (C=O) groups is 3. The molecule has 0 aliphatic heterocycles. The Bertz CT molecular complexity index is 903. The van der Waals surface area contributed by atoms with Gasteiger partial charge in [-0.25, -0.2) is 4.79 Å². The van der Waals surface area contributed by atoms with Crippen molar-refractivity contribution in [3.63, 3.8) is 0 Å². The van der Waals surface area contributed by atoms with Crippen molar-refractivity contribution in [2.24, 2.45) is 0 Å². The number of nitrogens with zero attached hydrogens (tertiary/aromatic N) is 1. The van der Waals surface area contributed by atoms with E-state index in [1.54, 1.807) is 25.1 Å². The molecule has 0 saturated heterocycles. The van der Waals surface area contributed by atoms with Crippen LogP contribution in [0.4, 0.5) is 5.69 Å². The van der Waals surface area contributed by atoms with Gasteiger partial charge in [-0.1, -0.05) is 12.1 Å². The van der Waals surface area contributed by atoms with E-state index in [1.807, 2.05) is 0 Å². The lowest BCUT2D eigenvalue weighted by atomic mass is 9.96. The van der Waals surface area contributed by atoms with E-state index in [9.17, 15) is 14.4 Å². The molecule has 0 fully saturated rings. The third kappa shape index (κ3) is 4.39. The third-order valence-corrected chi connectivity index (χ3v) is 4.64. The summed E-state index contributed by atoms with van der Waals surface area (Å²) < 4.78 is 10.0. The van der Waals surface area contributed by atoms with Crippen LogP contribution in [0.15, 0.2) is 22.7 Å². The maximum absolute atomic E-state index is 12.5. The Morgan fingerprint density at radius 3 is 2.71 bits per heavy atom. The van der Waals surface area contributed by atoms with Crippen LogP contribution in [0, 0.1) is 0 Å². The monoisotopic (exact) mass is 385 g/mol. The predicted octanol–water partition coefficient (Wildman–Crippen LogP) is 2.62. The molecule has 1 aromatic heterocycles. The van der Waals surface area contributed by atoms with E-state index in [0.717, 1.165) is 37.0 Å². The molecule has 0 atom stereocenters. The summed E-state index contributed by atoms with van der Waals surface area (Å²) in [7, 11) is 1.29. The minimum Gasteiger partial charge on any atom is -0.465 e. The van der Waals surface area contributed by atoms with E-state index in [0.29, 0.717) is 28.9 Å². The number of aryl methyl sites for hydroxylation is 1. The highest BCUT2D eigenvalue weighted by molar-refractivity contribution is 5.95. The molecule has 1 aliphatic rings. The zero-order valence-electron chi connectivity index (χ0n) is 16.0. The first kappa shape index (κ1) is 19.6. The van der Waals surface area contributed by atoms with Crippen molar-refractivity contribution in [2.75, 3.05) is 12.4 Å². The molecule has 0 radical (unpaired) electrons. The first-order valence-corrected chi connectivity index (χ1v) is 9.29. The number of carbonyl (C=O) groups excluding carboxylic acids is 3. The van der Waals surface area contributed by atoms with Crippen molar-refractivity contribution in [1.82, 2.24) is 10.5 Å². The van der Waals surface area contributed by atoms with Crippen LogP contribution in [0.25, 0.3) is 0 Å². The molecule has 8 heteroatoms. The number of nitrogens with one attached hydrogen (secondary N) is 2. The molecule has 1 heterocycles. The van der Waals surface area contributed by atoms with Crippen LogP contribution in [-0.4, -0.2) is 30.1 Å². The molecule has 2 aromatic rings. The van der Waals surface area contributed by atoms with Crippen LogP contribution in [0.2, 0.25) is 0 Å². The Kier molecular flexibility index (Phi) is 6.08. The maximum Gasteiger partial charge on any atom is 0.337 e. The van der Waals surface area contributed by atoms with E-state index in [2.05, 4.69) is 15.8 Å². The average molecular weight is 385 g/mol. The molecule has 0 bridgehead atoms. The fourth-order valence-electron chi connectivity index (χ4n) is 3.18. The normalized spacial score (nSPS) is 12.8. The number of ether oxygens (including phenoxy) is 1. The zero-order chi connectivity index (χ0) is 20.1. The van der Waals surface area contributed by atoms with Crippen LogP contribution in [0.1, 0.15) is 63.9 Å². The summed E-state index contributed by atoms with van der Waals surface area (Å²) in [5.41, 5.74) is 2.61. The summed E-state index contributed by atoms with van der Waals surface area (Å²) in [6.45, 7) is 1.90. The van der Waals surface area contributed by atoms with Crippen molar-refractivity contribution in [1.29, 1.82) is 0 Å². The molecule has 0 saturated carbocycles. The SMILES string of the molecule is CCC(=O)Nc1cc(CNC(=O)c2noc3c2CCCC3)cc(C(=O)OC)c1. The van der Waals surface area contributed by atoms with Gasteiger partial charge < -0.3 is 19.9 Å². The van der Waals surface area contributed by atoms with E-state index >= 15 is 0 Å². The molecule has 0 spiro atoms. The Hall–Kier alpha value is -3.16. The fraction of sp³-hybridized carbons (Fsp3) is 0.400. The molecule has 8 nitrogen and oxygen atoms in total. The number of methoxy groups -OCH3 is 1. The van der Waals surface area contributed by atoms with Crippen molar-refractivity contribution < 1.29 is 23.6 Å². The number of aromatic nitrogens is 1. The summed E-state index contributed by atoms with van der Waals surface area (Å²) in [5.74, 6) is -0.236. The zero-order valence-corrected chi connectivity index (χ0v) is 16.0. The smallest absolute Gasteiger partial charge is 0.337 e. The lowest BCUT2D eigenvalue weighted by molar-refractivity contribution is -0.115. The van der Waals surface area contributed by atoms with E-state index in [4.69, 9.17) is 9.26 Å². The summed E-state index contributed by atoms with van der Waals surface area (Å²) >= 11 is 0. The summed E-state index contributed by atoms with van der Waals surface area (Å²) in [6.07, 6.45) is 3.95. The van der Waals surface area contributed by atoms with Gasteiger partial charge in [-0.05, 0) is 43.0 Å². The second kappa shape index (κ2) is 8.69. The average Bonchev–Trinajstić information content (AvgIpc) is 3.15. The third-order valence-electron chi connectivity index (χ3n) is 4.64. The first-order chi connectivity index (χ1) is 13.5. The Balaban J connectivity index is 1.76. The summed E-state index contributed by atoms with van der Waals surface area (Å²) in [5, 5.41) is 9.44. The van der Waals surface area contributed by atoms with Gasteiger partial charge in [-0.15, -0.1) is 0 Å². The molecule has 2 amide bonds. The highest BCUT2D eigenvalue weighted by Gasteiger charge is 2.23. The molecule has 1 aromatic carbocycles. The van der Waals surface area contributed by atoms with Gasteiger partial charge >= 0.3 is 5.97 Å². The highest BCUT2D eigenvalue weighted by Crippen LogP contribution is 2.24. The summed E-state index contributed by atoms with van der Waals surface area (Å²) in [6, 6.07) is 4.86. The molecule has 3 rings (SSSR count). The van der Waals surface area contributed by atoms with Crippen LogP contribution in [0.3, 0.4) is 0 Å². The van der Waals surface area contributed by atoms with Gasteiger partial charge in [0.15, 0.2) is 5.69 Å². The van der Waals surface area contributed by atoms with Gasteiger partial charge in [-0.3, -0.25) is 9.59 Å². The topological polar surface area (TPSA) is 111 Å². The lowest BCUT2D eigenvalue weighted by Crippen LogP contribution is -2.25. The minimum atomic E-state index is -0.522. The van der Waals surface area contributed by atoms with Crippen molar-refractivity contribution in [3.8, 4) is 0 Å². The van der Waals surface area contributed by atoms with Gasteiger partial charge in [0, 0.05) is 30.6 Å². The number of anilines is 1. The van der Waals surface area contributed by atoms with Gasteiger partial charge in [0.25, 0.3) is 5.91 Å². The molecule has 1 aliphatic carbocycles. The van der Waals surface area contributed by atoms with Crippen LogP contribution < -0.4 is 10.6 Å². The van der Waals surface area contributed by atoms with E-state index < -0.39 is 5.97 Å². The molecule has 2 N–H and O–H groups in total. The Morgan fingerprint density at radius 2 is 1.96 bits per heavy atom. The predicted molar refractivity (Wildman–Crippen MR) is 101 cm³/mol. The molecular formula is C20H23N3O5. The van der Waals surface area contributed by atoms with Gasteiger partial charge in [0.1, 0.15) is 5.76 Å². The lowest BCUT2D eigenvalue weighted by Gasteiger charge is -2.11. The molecule has 28 heavy (non-hydrogen) atoms. The van der Waals surface area contributed by atoms with Crippen molar-refractivity contribution >= 4 is 23.5 Å². The van der Waals surface area contributed by atoms with Gasteiger partial charge in [0.05, 0.1) is 12.7 Å². The number of rotatable bonds is 6. The number of hydrogen-bond donors (Lipinski definition) is 2. The first-order valence-electron chi connectivity index (χ1n) is 9.29. The largest absolute Gasteiger partial charge is 0.465 e. The second-order valence-corrected chi connectivity index (χ2v) is 6.63. The van der Waals surface area contributed by atoms with Crippen LogP contribution in [0.5, 0.6) is 0 Å². The Morgan fingerprint density at radius 1 is 1.18 bits per heavy atom. The number of amides is 2. The number of esters is 1. The molecule has 148 valence electrons. The highest BCUT2D eigenvalue weighted by atomic mass is 16.5. The molecular weight excluding hydrogens is 362 g/mol. The second-order valence-electron chi connectivity index (χ2n) is 6.63. The van der Waals surface area contributed by atoms with Gasteiger partial charge in [-0.2, -0.15) is 0 Å². The number of benzene rings is 1. The molecule has 0 unspecified atom stereocenters. The van der Waals surface area contributed by atoms with Crippen molar-refractivity contribution in [3.05, 3.63) is 46.3 Å². The number of hydrogen-bond acceptors (Lipinski definition) is 6. The van der Waals surface area contributed by atoms with Gasteiger partial charge in [0.2, 0.25) is 5.91 Å². The van der Waals surface area contributed by atoms with Crippen molar-refractivity contribution in [2.45, 2.75) is 45.6 Å². The quantitative estimate of drug-likeness (QED) is 0.740. The standard InChI is InChI=1S/C20H23N3O5/c1-3-17(24)22-14-9-12(8-13(10-14)20(26)27-2)11-21-19(25)18-15-6-4-5-7-16(15)28-23-18/h8-10H,3-7,11H2,1-2H3,(H,21,25)(H,22,24). The minimum absolute atomic E-state index is 0.167. The van der Waals surface area contributed by atoms with Crippen LogP contribution >= 0.6 is 0 Å². The van der Waals surface area contributed by atoms with Crippen LogP contribution in [-0.2, 0) is 28.9 Å². The van der Waals surface area contributed by atoms with E-state index in [-0.39, 0.29) is 18.4 Å². The number of fused-ring (bicyclic) bond motifs is 1. The fourth-order valence-corrected chi connectivity index (χ4v) is 3.18. The summed E-state index contributed by atoms with van der Waals surface area (Å²) in [4.78, 5) is 36.1.